The van der Waals surface area contributed by atoms with E-state index in [1.165, 1.54) is 0 Å². The van der Waals surface area contributed by atoms with Gasteiger partial charge in [-0.1, -0.05) is 65.7 Å². The number of benzene rings is 3. The maximum atomic E-state index is 13.5. The lowest BCUT2D eigenvalue weighted by Gasteiger charge is -2.31. The molecule has 5 nitrogen and oxygen atoms in total. The summed E-state index contributed by atoms with van der Waals surface area (Å²) >= 11 is 12.2. The van der Waals surface area contributed by atoms with Crippen LogP contribution in [-0.4, -0.2) is 11.8 Å². The SMILES string of the molecule is CC1=C(C(=O)Nc2cccc(Cl)c2)C(c2ccccc2)C(C(=O)Nc2cccc(Cl)c2)=C(C)N1. The molecule has 0 saturated heterocycles. The van der Waals surface area contributed by atoms with Crippen molar-refractivity contribution in [3.63, 3.8) is 0 Å². The van der Waals surface area contributed by atoms with Gasteiger partial charge in [0.1, 0.15) is 0 Å². The summed E-state index contributed by atoms with van der Waals surface area (Å²) < 4.78 is 0. The minimum Gasteiger partial charge on any atom is -0.362 e. The van der Waals surface area contributed by atoms with E-state index in [1.54, 1.807) is 48.5 Å². The average molecular weight is 492 g/mol. The molecule has 1 aliphatic heterocycles. The first-order chi connectivity index (χ1) is 16.3. The van der Waals surface area contributed by atoms with Crippen LogP contribution in [0, 0.1) is 0 Å². The van der Waals surface area contributed by atoms with Crippen molar-refractivity contribution in [2.75, 3.05) is 10.6 Å². The fourth-order valence-corrected chi connectivity index (χ4v) is 4.48. The van der Waals surface area contributed by atoms with E-state index < -0.39 is 5.92 Å². The van der Waals surface area contributed by atoms with Crippen molar-refractivity contribution in [1.29, 1.82) is 0 Å². The van der Waals surface area contributed by atoms with Crippen LogP contribution in [0.4, 0.5) is 11.4 Å². The maximum Gasteiger partial charge on any atom is 0.254 e. The summed E-state index contributed by atoms with van der Waals surface area (Å²) in [6.45, 7) is 3.66. The molecule has 4 rings (SSSR count). The number of halogens is 2. The van der Waals surface area contributed by atoms with Crippen molar-refractivity contribution in [3.05, 3.63) is 117 Å². The number of carbonyl (C=O) groups is 2. The molecule has 0 fully saturated rings. The highest BCUT2D eigenvalue weighted by Crippen LogP contribution is 2.39. The summed E-state index contributed by atoms with van der Waals surface area (Å²) in [6, 6.07) is 23.4. The Morgan fingerprint density at radius 1 is 0.706 bits per heavy atom. The number of carbonyl (C=O) groups excluding carboxylic acids is 2. The number of rotatable bonds is 5. The van der Waals surface area contributed by atoms with Crippen LogP contribution in [0.3, 0.4) is 0 Å². The van der Waals surface area contributed by atoms with E-state index in [2.05, 4.69) is 16.0 Å². The molecule has 0 radical (unpaired) electrons. The molecular weight excluding hydrogens is 469 g/mol. The molecule has 2 amide bonds. The zero-order chi connectivity index (χ0) is 24.2. The molecule has 1 aliphatic rings. The number of anilines is 2. The Balaban J connectivity index is 1.74. The lowest BCUT2D eigenvalue weighted by Crippen LogP contribution is -2.35. The van der Waals surface area contributed by atoms with Gasteiger partial charge in [-0.2, -0.15) is 0 Å². The van der Waals surface area contributed by atoms with E-state index in [0.29, 0.717) is 44.0 Å². The molecular formula is C27H23Cl2N3O2. The van der Waals surface area contributed by atoms with Crippen molar-refractivity contribution < 1.29 is 9.59 Å². The van der Waals surface area contributed by atoms with Gasteiger partial charge in [0.2, 0.25) is 0 Å². The summed E-state index contributed by atoms with van der Waals surface area (Å²) in [7, 11) is 0. The van der Waals surface area contributed by atoms with Crippen molar-refractivity contribution in [3.8, 4) is 0 Å². The molecule has 3 N–H and O–H groups in total. The molecule has 3 aromatic carbocycles. The molecule has 0 aromatic heterocycles. The molecule has 0 bridgehead atoms. The van der Waals surface area contributed by atoms with Crippen LogP contribution in [0.25, 0.3) is 0 Å². The second-order valence-corrected chi connectivity index (χ2v) is 8.85. The predicted octanol–water partition coefficient (Wildman–Crippen LogP) is 6.51. The molecule has 1 heterocycles. The van der Waals surface area contributed by atoms with Crippen molar-refractivity contribution >= 4 is 46.4 Å². The Bertz CT molecular complexity index is 1230. The van der Waals surface area contributed by atoms with Gasteiger partial charge in [0.05, 0.1) is 0 Å². The Kier molecular flexibility index (Phi) is 7.06. The Morgan fingerprint density at radius 3 is 1.62 bits per heavy atom. The third kappa shape index (κ3) is 5.16. The van der Waals surface area contributed by atoms with Crippen LogP contribution in [-0.2, 0) is 9.59 Å². The van der Waals surface area contributed by atoms with E-state index in [0.717, 1.165) is 5.56 Å². The first kappa shape index (κ1) is 23.6. The quantitative estimate of drug-likeness (QED) is 0.381. The summed E-state index contributed by atoms with van der Waals surface area (Å²) in [5, 5.41) is 10.1. The molecule has 34 heavy (non-hydrogen) atoms. The number of dihydropyridines is 1. The second kappa shape index (κ2) is 10.2. The highest BCUT2D eigenvalue weighted by Gasteiger charge is 2.36. The van der Waals surface area contributed by atoms with Gasteiger partial charge < -0.3 is 16.0 Å². The highest BCUT2D eigenvalue weighted by atomic mass is 35.5. The Hall–Kier alpha value is -3.54. The van der Waals surface area contributed by atoms with Gasteiger partial charge in [-0.3, -0.25) is 9.59 Å². The van der Waals surface area contributed by atoms with Gasteiger partial charge in [-0.25, -0.2) is 0 Å². The number of hydrogen-bond acceptors (Lipinski definition) is 3. The zero-order valence-corrected chi connectivity index (χ0v) is 20.2. The molecule has 0 saturated carbocycles. The Labute approximate surface area is 208 Å². The maximum absolute atomic E-state index is 13.5. The first-order valence-corrected chi connectivity index (χ1v) is 11.5. The van der Waals surface area contributed by atoms with Crippen molar-refractivity contribution in [1.82, 2.24) is 5.32 Å². The molecule has 3 aromatic rings. The van der Waals surface area contributed by atoms with Gasteiger partial charge in [0.25, 0.3) is 11.8 Å². The minimum atomic E-state index is -0.583. The van der Waals surface area contributed by atoms with Gasteiger partial charge in [-0.15, -0.1) is 0 Å². The molecule has 7 heteroatoms. The van der Waals surface area contributed by atoms with Gasteiger partial charge >= 0.3 is 0 Å². The summed E-state index contributed by atoms with van der Waals surface area (Å²) in [5.74, 6) is -1.22. The second-order valence-electron chi connectivity index (χ2n) is 7.97. The van der Waals surface area contributed by atoms with E-state index >= 15 is 0 Å². The molecule has 0 atom stereocenters. The fraction of sp³-hybridized carbons (Fsp3) is 0.111. The molecule has 0 unspecified atom stereocenters. The number of hydrogen-bond donors (Lipinski definition) is 3. The lowest BCUT2D eigenvalue weighted by atomic mass is 9.79. The van der Waals surface area contributed by atoms with E-state index in [9.17, 15) is 9.59 Å². The first-order valence-electron chi connectivity index (χ1n) is 10.7. The monoisotopic (exact) mass is 491 g/mol. The number of allylic oxidation sites excluding steroid dienone is 2. The number of nitrogens with one attached hydrogen (secondary N) is 3. The predicted molar refractivity (Wildman–Crippen MR) is 138 cm³/mol. The van der Waals surface area contributed by atoms with Crippen LogP contribution in [0.5, 0.6) is 0 Å². The standard InChI is InChI=1S/C27H23Cl2N3O2/c1-16-23(26(33)31-21-12-6-10-19(28)14-21)25(18-8-4-3-5-9-18)24(17(2)30-16)27(34)32-22-13-7-11-20(29)15-22/h3-15,25,30H,1-2H3,(H,31,33)(H,32,34). The van der Waals surface area contributed by atoms with E-state index in [-0.39, 0.29) is 11.8 Å². The Morgan fingerprint density at radius 2 is 1.18 bits per heavy atom. The molecule has 0 aliphatic carbocycles. The van der Waals surface area contributed by atoms with Crippen LogP contribution >= 0.6 is 23.2 Å². The van der Waals surface area contributed by atoms with Crippen LogP contribution in [0.15, 0.2) is 101 Å². The third-order valence-electron chi connectivity index (χ3n) is 5.55. The highest BCUT2D eigenvalue weighted by molar-refractivity contribution is 6.31. The average Bonchev–Trinajstić information content (AvgIpc) is 2.79. The molecule has 0 spiro atoms. The van der Waals surface area contributed by atoms with Gasteiger partial charge in [-0.05, 0) is 55.8 Å². The number of amides is 2. The smallest absolute Gasteiger partial charge is 0.254 e. The minimum absolute atomic E-state index is 0.318. The van der Waals surface area contributed by atoms with Crippen molar-refractivity contribution in [2.45, 2.75) is 19.8 Å². The topological polar surface area (TPSA) is 70.2 Å². The zero-order valence-electron chi connectivity index (χ0n) is 18.7. The fourth-order valence-electron chi connectivity index (χ4n) is 4.10. The largest absolute Gasteiger partial charge is 0.362 e. The van der Waals surface area contributed by atoms with Gasteiger partial charge in [0.15, 0.2) is 0 Å². The lowest BCUT2D eigenvalue weighted by molar-refractivity contribution is -0.113. The van der Waals surface area contributed by atoms with Gasteiger partial charge in [0, 0.05) is 49.9 Å². The van der Waals surface area contributed by atoms with Crippen LogP contribution in [0.1, 0.15) is 25.3 Å². The normalized spacial score (nSPS) is 14.0. The summed E-state index contributed by atoms with van der Waals surface area (Å²) in [4.78, 5) is 27.1. The third-order valence-corrected chi connectivity index (χ3v) is 6.02. The summed E-state index contributed by atoms with van der Waals surface area (Å²) in [5.41, 5.74) is 4.22. The van der Waals surface area contributed by atoms with Crippen LogP contribution < -0.4 is 16.0 Å². The molecule has 172 valence electrons. The van der Waals surface area contributed by atoms with E-state index in [4.69, 9.17) is 23.2 Å². The van der Waals surface area contributed by atoms with Crippen LogP contribution in [0.2, 0.25) is 10.0 Å². The van der Waals surface area contributed by atoms with E-state index in [1.807, 2.05) is 44.2 Å². The van der Waals surface area contributed by atoms with Crippen molar-refractivity contribution in [2.24, 2.45) is 0 Å². The summed E-state index contributed by atoms with van der Waals surface area (Å²) in [6.07, 6.45) is 0.